The van der Waals surface area contributed by atoms with E-state index in [-0.39, 0.29) is 6.03 Å². The topological polar surface area (TPSA) is 59.0 Å². The Hall–Kier alpha value is -3.08. The van der Waals surface area contributed by atoms with Crippen LogP contribution in [0, 0.1) is 0 Å². The van der Waals surface area contributed by atoms with Gasteiger partial charge in [-0.15, -0.1) is 0 Å². The molecular weight excluding hydrogens is 264 g/mol. The van der Waals surface area contributed by atoms with Crippen molar-refractivity contribution in [1.82, 2.24) is 9.55 Å². The number of urea groups is 1. The fraction of sp³-hybridized carbons (Fsp3) is 0. The molecule has 3 rings (SSSR count). The molecule has 0 bridgehead atoms. The predicted octanol–water partition coefficient (Wildman–Crippen LogP) is 3.52. The summed E-state index contributed by atoms with van der Waals surface area (Å²) in [6, 6.07) is 16.5. The van der Waals surface area contributed by atoms with E-state index in [1.165, 1.54) is 0 Å². The Kier molecular flexibility index (Phi) is 3.64. The van der Waals surface area contributed by atoms with E-state index < -0.39 is 0 Å². The molecule has 0 saturated heterocycles. The maximum atomic E-state index is 11.8. The van der Waals surface area contributed by atoms with Crippen molar-refractivity contribution >= 4 is 17.5 Å². The number of nitrogens with zero attached hydrogens (tertiary/aromatic N) is 2. The van der Waals surface area contributed by atoms with Crippen LogP contribution in [0.25, 0.3) is 5.69 Å². The van der Waals surface area contributed by atoms with Crippen LogP contribution >= 0.6 is 0 Å². The number of benzene rings is 1. The van der Waals surface area contributed by atoms with Crippen molar-refractivity contribution in [1.29, 1.82) is 0 Å². The first kappa shape index (κ1) is 12.9. The molecule has 2 aromatic heterocycles. The maximum absolute atomic E-state index is 11.8. The zero-order chi connectivity index (χ0) is 14.5. The van der Waals surface area contributed by atoms with E-state index in [9.17, 15) is 4.79 Å². The number of carbonyl (C=O) groups excluding carboxylic acids is 1. The number of hydrogen-bond acceptors (Lipinski definition) is 2. The summed E-state index contributed by atoms with van der Waals surface area (Å²) in [4.78, 5) is 15.9. The van der Waals surface area contributed by atoms with Crippen LogP contribution in [0.3, 0.4) is 0 Å². The summed E-state index contributed by atoms with van der Waals surface area (Å²) >= 11 is 0. The summed E-state index contributed by atoms with van der Waals surface area (Å²) in [5.74, 6) is 0.513. The van der Waals surface area contributed by atoms with Gasteiger partial charge >= 0.3 is 6.03 Å². The number of aromatic nitrogens is 2. The largest absolute Gasteiger partial charge is 0.324 e. The minimum atomic E-state index is -0.317. The Balaban J connectivity index is 1.64. The molecule has 2 amide bonds. The van der Waals surface area contributed by atoms with Crippen LogP contribution in [0.15, 0.2) is 73.2 Å². The third kappa shape index (κ3) is 3.27. The first-order chi connectivity index (χ1) is 10.3. The Labute approximate surface area is 122 Å². The highest BCUT2D eigenvalue weighted by molar-refractivity contribution is 5.99. The van der Waals surface area contributed by atoms with E-state index >= 15 is 0 Å². The molecule has 21 heavy (non-hydrogen) atoms. The van der Waals surface area contributed by atoms with Crippen LogP contribution in [-0.2, 0) is 0 Å². The molecule has 0 aliphatic rings. The maximum Gasteiger partial charge on any atom is 0.324 e. The molecule has 0 aliphatic carbocycles. The molecule has 0 aliphatic heterocycles. The number of carbonyl (C=O) groups is 1. The number of nitrogens with one attached hydrogen (secondary N) is 2. The quantitative estimate of drug-likeness (QED) is 0.770. The van der Waals surface area contributed by atoms with E-state index in [0.29, 0.717) is 5.82 Å². The molecule has 2 heterocycles. The van der Waals surface area contributed by atoms with Crippen molar-refractivity contribution in [3.8, 4) is 5.69 Å². The van der Waals surface area contributed by atoms with Gasteiger partial charge in [0.2, 0.25) is 0 Å². The van der Waals surface area contributed by atoms with Crippen molar-refractivity contribution in [2.24, 2.45) is 0 Å². The van der Waals surface area contributed by atoms with Gasteiger partial charge in [0.05, 0.1) is 0 Å². The van der Waals surface area contributed by atoms with Gasteiger partial charge in [-0.2, -0.15) is 0 Å². The molecule has 5 heteroatoms. The highest BCUT2D eigenvalue weighted by Gasteiger charge is 2.03. The number of hydrogen-bond donors (Lipinski definition) is 2. The molecule has 1 aromatic carbocycles. The highest BCUT2D eigenvalue weighted by Crippen LogP contribution is 2.13. The lowest BCUT2D eigenvalue weighted by atomic mass is 10.3. The van der Waals surface area contributed by atoms with E-state index in [1.807, 2.05) is 59.4 Å². The molecule has 5 nitrogen and oxygen atoms in total. The normalized spacial score (nSPS) is 10.1. The second-order valence-electron chi connectivity index (χ2n) is 4.43. The predicted molar refractivity (Wildman–Crippen MR) is 82.6 cm³/mol. The summed E-state index contributed by atoms with van der Waals surface area (Å²) in [7, 11) is 0. The standard InChI is InChI=1S/C16H14N4O/c21-16(19-15-5-1-2-10-17-15)18-13-6-8-14(9-7-13)20-11-3-4-12-20/h1-12H,(H2,17,18,19,21). The Morgan fingerprint density at radius 1 is 0.905 bits per heavy atom. The third-order valence-corrected chi connectivity index (χ3v) is 2.93. The van der Waals surface area contributed by atoms with Crippen LogP contribution in [0.5, 0.6) is 0 Å². The van der Waals surface area contributed by atoms with Crippen LogP contribution in [-0.4, -0.2) is 15.6 Å². The molecule has 0 spiro atoms. The molecular formula is C16H14N4O. The molecule has 0 unspecified atom stereocenters. The zero-order valence-corrected chi connectivity index (χ0v) is 11.2. The van der Waals surface area contributed by atoms with Crippen LogP contribution in [0.1, 0.15) is 0 Å². The van der Waals surface area contributed by atoms with Crippen LogP contribution in [0.4, 0.5) is 16.3 Å². The Morgan fingerprint density at radius 3 is 2.33 bits per heavy atom. The SMILES string of the molecule is O=C(Nc1ccc(-n2cccc2)cc1)Nc1ccccn1. The minimum Gasteiger partial charge on any atom is -0.324 e. The van der Waals surface area contributed by atoms with E-state index in [2.05, 4.69) is 15.6 Å². The lowest BCUT2D eigenvalue weighted by molar-refractivity contribution is 0.262. The molecule has 0 saturated carbocycles. The third-order valence-electron chi connectivity index (χ3n) is 2.93. The first-order valence-corrected chi connectivity index (χ1v) is 6.54. The summed E-state index contributed by atoms with van der Waals surface area (Å²) in [6.45, 7) is 0. The van der Waals surface area contributed by atoms with Gasteiger partial charge in [-0.05, 0) is 48.5 Å². The summed E-state index contributed by atoms with van der Waals surface area (Å²) < 4.78 is 2.00. The lowest BCUT2D eigenvalue weighted by Gasteiger charge is -2.08. The average Bonchev–Trinajstić information content (AvgIpc) is 3.03. The van der Waals surface area contributed by atoms with Gasteiger partial charge in [0, 0.05) is 30.0 Å². The van der Waals surface area contributed by atoms with Crippen molar-refractivity contribution < 1.29 is 4.79 Å². The van der Waals surface area contributed by atoms with Crippen molar-refractivity contribution in [3.05, 3.63) is 73.2 Å². The molecule has 104 valence electrons. The second-order valence-corrected chi connectivity index (χ2v) is 4.43. The molecule has 0 fully saturated rings. The number of rotatable bonds is 3. The minimum absolute atomic E-state index is 0.317. The fourth-order valence-corrected chi connectivity index (χ4v) is 1.94. The van der Waals surface area contributed by atoms with Gasteiger partial charge in [0.25, 0.3) is 0 Å². The smallest absolute Gasteiger partial charge is 0.324 e. The monoisotopic (exact) mass is 278 g/mol. The van der Waals surface area contributed by atoms with E-state index in [1.54, 1.807) is 18.3 Å². The first-order valence-electron chi connectivity index (χ1n) is 6.54. The van der Waals surface area contributed by atoms with Gasteiger partial charge in [-0.1, -0.05) is 6.07 Å². The molecule has 0 radical (unpaired) electrons. The second kappa shape index (κ2) is 5.92. The average molecular weight is 278 g/mol. The fourth-order valence-electron chi connectivity index (χ4n) is 1.94. The van der Waals surface area contributed by atoms with Gasteiger partial charge in [-0.3, -0.25) is 5.32 Å². The van der Waals surface area contributed by atoms with Gasteiger partial charge in [0.15, 0.2) is 0 Å². The van der Waals surface area contributed by atoms with Gasteiger partial charge in [-0.25, -0.2) is 9.78 Å². The Bertz CT molecular complexity index is 706. The van der Waals surface area contributed by atoms with E-state index in [0.717, 1.165) is 11.4 Å². The molecule has 0 atom stereocenters. The van der Waals surface area contributed by atoms with Crippen molar-refractivity contribution in [2.45, 2.75) is 0 Å². The van der Waals surface area contributed by atoms with Gasteiger partial charge < -0.3 is 9.88 Å². The van der Waals surface area contributed by atoms with Crippen LogP contribution < -0.4 is 10.6 Å². The molecule has 3 aromatic rings. The summed E-state index contributed by atoms with van der Waals surface area (Å²) in [5.41, 5.74) is 1.76. The lowest BCUT2D eigenvalue weighted by Crippen LogP contribution is -2.19. The van der Waals surface area contributed by atoms with E-state index in [4.69, 9.17) is 0 Å². The van der Waals surface area contributed by atoms with Crippen molar-refractivity contribution in [3.63, 3.8) is 0 Å². The zero-order valence-electron chi connectivity index (χ0n) is 11.2. The van der Waals surface area contributed by atoms with Crippen molar-refractivity contribution in [2.75, 3.05) is 10.6 Å². The number of amides is 2. The summed E-state index contributed by atoms with van der Waals surface area (Å²) in [5, 5.41) is 5.43. The molecule has 2 N–H and O–H groups in total. The number of anilines is 2. The summed E-state index contributed by atoms with van der Waals surface area (Å²) in [6.07, 6.45) is 5.56. The number of pyridine rings is 1. The Morgan fingerprint density at radius 2 is 1.67 bits per heavy atom. The highest BCUT2D eigenvalue weighted by atomic mass is 16.2. The van der Waals surface area contributed by atoms with Crippen LogP contribution in [0.2, 0.25) is 0 Å². The van der Waals surface area contributed by atoms with Gasteiger partial charge in [0.1, 0.15) is 5.82 Å².